The molecular weight excluding hydrogens is 154 g/mol. The molecule has 0 atom stereocenters. The van der Waals surface area contributed by atoms with Gasteiger partial charge in [0.1, 0.15) is 0 Å². The number of amides is 1. The molecule has 0 aliphatic rings. The topological polar surface area (TPSA) is 20.3 Å². The van der Waals surface area contributed by atoms with E-state index in [4.69, 9.17) is 0 Å². The monoisotopic (exact) mass is 164 g/mol. The fourth-order valence-electron chi connectivity index (χ4n) is 0.324. The number of nitrogens with zero attached hydrogens (tertiary/aromatic N) is 1. The van der Waals surface area contributed by atoms with Gasteiger partial charge in [0.25, 0.3) is 0 Å². The summed E-state index contributed by atoms with van der Waals surface area (Å²) in [4.78, 5) is 10.0. The molecule has 2 nitrogen and oxygen atoms in total. The van der Waals surface area contributed by atoms with Gasteiger partial charge in [-0.05, 0) is 23.9 Å². The molecule has 0 aromatic heterocycles. The lowest BCUT2D eigenvalue weighted by Crippen LogP contribution is -2.02. The SMILES string of the molecule is CCSN([C]=O)SCC. The molecule has 0 spiro atoms. The van der Waals surface area contributed by atoms with Crippen molar-refractivity contribution >= 4 is 30.3 Å². The lowest BCUT2D eigenvalue weighted by Gasteiger charge is -2.08. The highest BCUT2D eigenvalue weighted by molar-refractivity contribution is 8.12. The smallest absolute Gasteiger partial charge is 0.261 e. The van der Waals surface area contributed by atoms with Crippen LogP contribution in [-0.2, 0) is 4.79 Å². The van der Waals surface area contributed by atoms with Gasteiger partial charge in [-0.2, -0.15) is 0 Å². The Morgan fingerprint density at radius 3 is 2.00 bits per heavy atom. The number of carbonyl (C=O) groups excluding carboxylic acids is 1. The minimum absolute atomic E-state index is 0.919. The summed E-state index contributed by atoms with van der Waals surface area (Å²) >= 11 is 2.95. The molecule has 0 saturated heterocycles. The second-order valence-electron chi connectivity index (χ2n) is 1.18. The highest BCUT2D eigenvalue weighted by atomic mass is 32.2. The normalized spacial score (nSPS) is 9.11. The Bertz CT molecular complexity index is 73.4. The standard InChI is InChI=1S/C5H10NOS2/c1-3-8-6(5-7)9-4-2/h3-4H2,1-2H3. The first-order valence-electron chi connectivity index (χ1n) is 2.78. The van der Waals surface area contributed by atoms with Crippen LogP contribution in [0.3, 0.4) is 0 Å². The molecule has 0 rings (SSSR count). The van der Waals surface area contributed by atoms with Gasteiger partial charge >= 0.3 is 6.41 Å². The van der Waals surface area contributed by atoms with Gasteiger partial charge in [-0.15, -0.1) is 0 Å². The first kappa shape index (κ1) is 9.17. The zero-order valence-electron chi connectivity index (χ0n) is 5.59. The first-order valence-corrected chi connectivity index (χ1v) is 4.67. The Kier molecular flexibility index (Phi) is 6.41. The van der Waals surface area contributed by atoms with Crippen molar-refractivity contribution in [2.45, 2.75) is 13.8 Å². The summed E-state index contributed by atoms with van der Waals surface area (Å²) < 4.78 is 1.51. The highest BCUT2D eigenvalue weighted by Crippen LogP contribution is 2.17. The molecule has 0 N–H and O–H groups in total. The summed E-state index contributed by atoms with van der Waals surface area (Å²) in [7, 11) is 0. The molecule has 4 heteroatoms. The van der Waals surface area contributed by atoms with E-state index >= 15 is 0 Å². The lowest BCUT2D eigenvalue weighted by atomic mass is 11.0. The quantitative estimate of drug-likeness (QED) is 0.455. The largest absolute Gasteiger partial charge is 0.334 e. The molecule has 1 amide bonds. The maximum absolute atomic E-state index is 10.0. The Labute approximate surface area is 64.6 Å². The molecule has 53 valence electrons. The van der Waals surface area contributed by atoms with Gasteiger partial charge in [0, 0.05) is 11.5 Å². The number of hydrogen-bond donors (Lipinski definition) is 0. The third-order valence-electron chi connectivity index (χ3n) is 0.567. The summed E-state index contributed by atoms with van der Waals surface area (Å²) in [5.74, 6) is 1.84. The van der Waals surface area contributed by atoms with E-state index in [2.05, 4.69) is 0 Å². The van der Waals surface area contributed by atoms with Crippen LogP contribution < -0.4 is 0 Å². The van der Waals surface area contributed by atoms with Crippen LogP contribution in [-0.4, -0.2) is 21.6 Å². The fourth-order valence-corrected chi connectivity index (χ4v) is 1.83. The van der Waals surface area contributed by atoms with Crippen LogP contribution in [0.4, 0.5) is 0 Å². The Hall–Kier alpha value is 0.170. The second-order valence-corrected chi connectivity index (χ2v) is 3.82. The molecule has 1 radical (unpaired) electrons. The van der Waals surface area contributed by atoms with E-state index in [1.54, 1.807) is 0 Å². The van der Waals surface area contributed by atoms with Gasteiger partial charge in [0.15, 0.2) is 0 Å². The van der Waals surface area contributed by atoms with Gasteiger partial charge in [-0.3, -0.25) is 4.79 Å². The van der Waals surface area contributed by atoms with Crippen LogP contribution >= 0.6 is 23.9 Å². The van der Waals surface area contributed by atoms with Crippen molar-refractivity contribution in [2.24, 2.45) is 0 Å². The molecule has 0 aromatic carbocycles. The van der Waals surface area contributed by atoms with E-state index in [0.29, 0.717) is 0 Å². The lowest BCUT2D eigenvalue weighted by molar-refractivity contribution is 0.542. The zero-order valence-corrected chi connectivity index (χ0v) is 7.22. The Morgan fingerprint density at radius 1 is 1.33 bits per heavy atom. The number of hydrogen-bond acceptors (Lipinski definition) is 3. The van der Waals surface area contributed by atoms with Crippen molar-refractivity contribution in [1.82, 2.24) is 3.71 Å². The summed E-state index contributed by atoms with van der Waals surface area (Å²) in [6.07, 6.45) is 1.81. The van der Waals surface area contributed by atoms with Crippen molar-refractivity contribution in [3.05, 3.63) is 0 Å². The maximum atomic E-state index is 10.0. The molecule has 0 bridgehead atoms. The molecule has 0 unspecified atom stereocenters. The van der Waals surface area contributed by atoms with Gasteiger partial charge in [-0.1, -0.05) is 13.8 Å². The third-order valence-corrected chi connectivity index (χ3v) is 2.33. The van der Waals surface area contributed by atoms with Crippen molar-refractivity contribution in [3.63, 3.8) is 0 Å². The molecule has 0 aliphatic heterocycles. The zero-order chi connectivity index (χ0) is 7.11. The van der Waals surface area contributed by atoms with Crippen LogP contribution in [0.25, 0.3) is 0 Å². The van der Waals surface area contributed by atoms with E-state index in [1.165, 1.54) is 27.6 Å². The van der Waals surface area contributed by atoms with Crippen LogP contribution in [0.1, 0.15) is 13.8 Å². The van der Waals surface area contributed by atoms with Gasteiger partial charge in [0.05, 0.1) is 0 Å². The van der Waals surface area contributed by atoms with Crippen LogP contribution in [0.15, 0.2) is 0 Å². The van der Waals surface area contributed by atoms with Crippen molar-refractivity contribution in [3.8, 4) is 0 Å². The molecule has 0 saturated carbocycles. The summed E-state index contributed by atoms with van der Waals surface area (Å²) in [6, 6.07) is 0. The fraction of sp³-hybridized carbons (Fsp3) is 0.800. The Morgan fingerprint density at radius 2 is 1.78 bits per heavy atom. The van der Waals surface area contributed by atoms with E-state index < -0.39 is 0 Å². The first-order chi connectivity index (χ1) is 4.35. The second kappa shape index (κ2) is 6.29. The predicted molar refractivity (Wildman–Crippen MR) is 43.8 cm³/mol. The van der Waals surface area contributed by atoms with E-state index in [9.17, 15) is 4.79 Å². The highest BCUT2D eigenvalue weighted by Gasteiger charge is 1.98. The average Bonchev–Trinajstić information content (AvgIpc) is 1.88. The third kappa shape index (κ3) is 4.66. The van der Waals surface area contributed by atoms with Crippen molar-refractivity contribution in [2.75, 3.05) is 11.5 Å². The summed E-state index contributed by atoms with van der Waals surface area (Å²) in [6.45, 7) is 4.01. The van der Waals surface area contributed by atoms with Crippen molar-refractivity contribution < 1.29 is 4.79 Å². The molecule has 0 aliphatic carbocycles. The minimum atomic E-state index is 0.919. The molecule has 0 heterocycles. The van der Waals surface area contributed by atoms with Gasteiger partial charge in [-0.25, -0.2) is 3.71 Å². The molecule has 9 heavy (non-hydrogen) atoms. The maximum Gasteiger partial charge on any atom is 0.334 e. The van der Waals surface area contributed by atoms with Gasteiger partial charge < -0.3 is 0 Å². The molecule has 0 fully saturated rings. The summed E-state index contributed by atoms with van der Waals surface area (Å²) in [5.41, 5.74) is 0. The molecule has 0 aromatic rings. The number of rotatable bonds is 5. The van der Waals surface area contributed by atoms with E-state index in [1.807, 2.05) is 20.3 Å². The average molecular weight is 164 g/mol. The summed E-state index contributed by atoms with van der Waals surface area (Å²) in [5, 5.41) is 0. The predicted octanol–water partition coefficient (Wildman–Crippen LogP) is 1.69. The van der Waals surface area contributed by atoms with Crippen molar-refractivity contribution in [1.29, 1.82) is 0 Å². The van der Waals surface area contributed by atoms with E-state index in [0.717, 1.165) is 11.5 Å². The van der Waals surface area contributed by atoms with E-state index in [-0.39, 0.29) is 0 Å². The van der Waals surface area contributed by atoms with Crippen LogP contribution in [0, 0.1) is 0 Å². The van der Waals surface area contributed by atoms with Gasteiger partial charge in [0.2, 0.25) is 0 Å². The Balaban J connectivity index is 3.29. The molecular formula is C5H10NOS2. The van der Waals surface area contributed by atoms with Crippen LogP contribution in [0.2, 0.25) is 0 Å². The van der Waals surface area contributed by atoms with Crippen LogP contribution in [0.5, 0.6) is 0 Å². The minimum Gasteiger partial charge on any atom is -0.261 e.